The molecule has 1 heterocycles. The smallest absolute Gasteiger partial charge is 0.271 e. The van der Waals surface area contributed by atoms with Gasteiger partial charge in [-0.15, -0.1) is 0 Å². The molecule has 5 heteroatoms. The maximum Gasteiger partial charge on any atom is 0.271 e. The highest BCUT2D eigenvalue weighted by Crippen LogP contribution is 2.43. The molecular weight excluding hydrogens is 252 g/mol. The Balaban J connectivity index is 1.70. The SMILES string of the molecule is Cc1cnc(C(=O)NC2CCCC3(N)CCCC23)cn1. The summed E-state index contributed by atoms with van der Waals surface area (Å²) in [5.41, 5.74) is 7.66. The molecule has 0 aromatic carbocycles. The summed E-state index contributed by atoms with van der Waals surface area (Å²) in [6.07, 6.45) is 9.77. The second-order valence-corrected chi connectivity index (χ2v) is 6.25. The number of nitrogens with two attached hydrogens (primary N) is 1. The van der Waals surface area contributed by atoms with E-state index in [0.717, 1.165) is 37.8 Å². The lowest BCUT2D eigenvalue weighted by Crippen LogP contribution is -2.56. The summed E-state index contributed by atoms with van der Waals surface area (Å²) in [6.45, 7) is 1.86. The molecule has 1 aromatic heterocycles. The lowest BCUT2D eigenvalue weighted by Gasteiger charge is -2.41. The Morgan fingerprint density at radius 2 is 2.05 bits per heavy atom. The summed E-state index contributed by atoms with van der Waals surface area (Å²) in [5.74, 6) is 0.289. The second-order valence-electron chi connectivity index (χ2n) is 6.25. The van der Waals surface area contributed by atoms with Gasteiger partial charge in [-0.3, -0.25) is 9.78 Å². The fourth-order valence-corrected chi connectivity index (χ4v) is 3.81. The number of hydrogen-bond donors (Lipinski definition) is 2. The fourth-order valence-electron chi connectivity index (χ4n) is 3.81. The molecule has 1 aromatic rings. The van der Waals surface area contributed by atoms with Gasteiger partial charge in [0.1, 0.15) is 5.69 Å². The average molecular weight is 274 g/mol. The molecular formula is C15H22N4O. The van der Waals surface area contributed by atoms with E-state index >= 15 is 0 Å². The van der Waals surface area contributed by atoms with Gasteiger partial charge in [-0.1, -0.05) is 6.42 Å². The van der Waals surface area contributed by atoms with Gasteiger partial charge in [0.05, 0.1) is 11.9 Å². The molecule has 108 valence electrons. The Labute approximate surface area is 119 Å². The predicted octanol–water partition coefficient (Wildman–Crippen LogP) is 1.56. The molecule has 3 rings (SSSR count). The van der Waals surface area contributed by atoms with Crippen LogP contribution < -0.4 is 11.1 Å². The topological polar surface area (TPSA) is 80.9 Å². The molecule has 2 aliphatic carbocycles. The first kappa shape index (κ1) is 13.5. The van der Waals surface area contributed by atoms with Crippen LogP contribution in [-0.4, -0.2) is 27.5 Å². The summed E-state index contributed by atoms with van der Waals surface area (Å²) in [6, 6.07) is 0.187. The summed E-state index contributed by atoms with van der Waals surface area (Å²) < 4.78 is 0. The molecule has 1 amide bonds. The molecule has 2 fully saturated rings. The Kier molecular flexibility index (Phi) is 3.46. The molecule has 3 atom stereocenters. The largest absolute Gasteiger partial charge is 0.348 e. The van der Waals surface area contributed by atoms with Crippen LogP contribution in [0, 0.1) is 12.8 Å². The van der Waals surface area contributed by atoms with Gasteiger partial charge < -0.3 is 11.1 Å². The number of nitrogens with one attached hydrogen (secondary N) is 1. The van der Waals surface area contributed by atoms with E-state index in [1.54, 1.807) is 6.20 Å². The molecule has 0 saturated heterocycles. The van der Waals surface area contributed by atoms with Crippen molar-refractivity contribution < 1.29 is 4.79 Å². The molecule has 2 aliphatic rings. The number of fused-ring (bicyclic) bond motifs is 1. The number of rotatable bonds is 2. The van der Waals surface area contributed by atoms with Gasteiger partial charge in [0.15, 0.2) is 0 Å². The van der Waals surface area contributed by atoms with Gasteiger partial charge in [0, 0.05) is 17.8 Å². The number of aryl methyl sites for hydroxylation is 1. The highest BCUT2D eigenvalue weighted by Gasteiger charge is 2.46. The van der Waals surface area contributed by atoms with Gasteiger partial charge >= 0.3 is 0 Å². The van der Waals surface area contributed by atoms with Crippen molar-refractivity contribution in [2.24, 2.45) is 11.7 Å². The van der Waals surface area contributed by atoms with E-state index in [-0.39, 0.29) is 17.5 Å². The zero-order chi connectivity index (χ0) is 14.2. The first-order valence-corrected chi connectivity index (χ1v) is 7.47. The van der Waals surface area contributed by atoms with Crippen molar-refractivity contribution in [1.29, 1.82) is 0 Å². The molecule has 3 N–H and O–H groups in total. The molecule has 0 spiro atoms. The van der Waals surface area contributed by atoms with Gasteiger partial charge in [-0.05, 0) is 44.9 Å². The highest BCUT2D eigenvalue weighted by molar-refractivity contribution is 5.92. The molecule has 0 bridgehead atoms. The van der Waals surface area contributed by atoms with E-state index in [9.17, 15) is 4.79 Å². The van der Waals surface area contributed by atoms with Crippen LogP contribution in [0.5, 0.6) is 0 Å². The van der Waals surface area contributed by atoms with Crippen LogP contribution >= 0.6 is 0 Å². The number of carbonyl (C=O) groups excluding carboxylic acids is 1. The Bertz CT molecular complexity index is 501. The summed E-state index contributed by atoms with van der Waals surface area (Å²) >= 11 is 0. The molecule has 3 unspecified atom stereocenters. The number of nitrogens with zero attached hydrogens (tertiary/aromatic N) is 2. The van der Waals surface area contributed by atoms with Crippen LogP contribution in [0.2, 0.25) is 0 Å². The summed E-state index contributed by atoms with van der Waals surface area (Å²) in [5, 5.41) is 3.13. The van der Waals surface area contributed by atoms with E-state index in [0.29, 0.717) is 11.6 Å². The minimum absolute atomic E-state index is 0.0604. The Hall–Kier alpha value is -1.49. The Morgan fingerprint density at radius 1 is 1.30 bits per heavy atom. The van der Waals surface area contributed by atoms with Crippen LogP contribution in [-0.2, 0) is 0 Å². The van der Waals surface area contributed by atoms with E-state index in [2.05, 4.69) is 15.3 Å². The first-order chi connectivity index (χ1) is 9.58. The molecule has 2 saturated carbocycles. The third-order valence-electron chi connectivity index (χ3n) is 4.87. The predicted molar refractivity (Wildman–Crippen MR) is 76.1 cm³/mol. The maximum absolute atomic E-state index is 12.3. The molecule has 0 aliphatic heterocycles. The van der Waals surface area contributed by atoms with E-state index < -0.39 is 0 Å². The van der Waals surface area contributed by atoms with E-state index in [1.807, 2.05) is 6.92 Å². The van der Waals surface area contributed by atoms with E-state index in [4.69, 9.17) is 5.73 Å². The van der Waals surface area contributed by atoms with Gasteiger partial charge in [0.2, 0.25) is 0 Å². The van der Waals surface area contributed by atoms with Crippen molar-refractivity contribution in [2.45, 2.75) is 57.0 Å². The minimum atomic E-state index is -0.126. The van der Waals surface area contributed by atoms with Crippen molar-refractivity contribution in [2.75, 3.05) is 0 Å². The zero-order valence-corrected chi connectivity index (χ0v) is 11.9. The molecule has 20 heavy (non-hydrogen) atoms. The number of hydrogen-bond acceptors (Lipinski definition) is 4. The summed E-state index contributed by atoms with van der Waals surface area (Å²) in [7, 11) is 0. The highest BCUT2D eigenvalue weighted by atomic mass is 16.1. The number of amides is 1. The lowest BCUT2D eigenvalue weighted by atomic mass is 9.72. The average Bonchev–Trinajstić information content (AvgIpc) is 2.82. The van der Waals surface area contributed by atoms with Crippen LogP contribution in [0.25, 0.3) is 0 Å². The standard InChI is InChI=1S/C15H22N4O/c1-10-8-18-13(9-17-10)14(20)19-12-5-3-7-15(16)6-2-4-11(12)15/h8-9,11-12H,2-7,16H2,1H3,(H,19,20). The first-order valence-electron chi connectivity index (χ1n) is 7.47. The maximum atomic E-state index is 12.3. The van der Waals surface area contributed by atoms with E-state index in [1.165, 1.54) is 12.6 Å². The van der Waals surface area contributed by atoms with Gasteiger partial charge in [-0.25, -0.2) is 4.98 Å². The van der Waals surface area contributed by atoms with Gasteiger partial charge in [-0.2, -0.15) is 0 Å². The van der Waals surface area contributed by atoms with Crippen molar-refractivity contribution in [3.63, 3.8) is 0 Å². The second kappa shape index (κ2) is 5.13. The third kappa shape index (κ3) is 2.42. The quantitative estimate of drug-likeness (QED) is 0.857. The van der Waals surface area contributed by atoms with Crippen molar-refractivity contribution in [3.05, 3.63) is 23.8 Å². The number of aromatic nitrogens is 2. The van der Waals surface area contributed by atoms with Crippen molar-refractivity contribution >= 4 is 5.91 Å². The van der Waals surface area contributed by atoms with Crippen LogP contribution in [0.4, 0.5) is 0 Å². The fraction of sp³-hybridized carbons (Fsp3) is 0.667. The van der Waals surface area contributed by atoms with Crippen molar-refractivity contribution in [3.8, 4) is 0 Å². The van der Waals surface area contributed by atoms with Crippen LogP contribution in [0.3, 0.4) is 0 Å². The number of carbonyl (C=O) groups is 1. The molecule has 5 nitrogen and oxygen atoms in total. The zero-order valence-electron chi connectivity index (χ0n) is 11.9. The lowest BCUT2D eigenvalue weighted by molar-refractivity contribution is 0.0869. The van der Waals surface area contributed by atoms with Crippen LogP contribution in [0.15, 0.2) is 12.4 Å². The summed E-state index contributed by atoms with van der Waals surface area (Å²) in [4.78, 5) is 20.5. The third-order valence-corrected chi connectivity index (χ3v) is 4.87. The van der Waals surface area contributed by atoms with Crippen LogP contribution in [0.1, 0.15) is 54.7 Å². The minimum Gasteiger partial charge on any atom is -0.348 e. The monoisotopic (exact) mass is 274 g/mol. The van der Waals surface area contributed by atoms with Gasteiger partial charge in [0.25, 0.3) is 5.91 Å². The Morgan fingerprint density at radius 3 is 2.75 bits per heavy atom. The molecule has 0 radical (unpaired) electrons. The normalized spacial score (nSPS) is 32.7. The van der Waals surface area contributed by atoms with Crippen molar-refractivity contribution in [1.82, 2.24) is 15.3 Å².